The highest BCUT2D eigenvalue weighted by molar-refractivity contribution is 5.74. The standard InChI is InChI=1S/C8H17N3/c1-6-3-7(2)5-11(4-6)8(9)10/h6-7H,3-5H2,1-2H3,(H3,9,10)/t6-,7-/m1/s1. The maximum Gasteiger partial charge on any atom is 0.188 e. The SMILES string of the molecule is C[C@@H]1C[C@@H](C)CN(C(=N)N)C1. The average Bonchev–Trinajstić information content (AvgIpc) is 1.85. The number of nitrogens with two attached hydrogens (primary N) is 1. The van der Waals surface area contributed by atoms with Gasteiger partial charge in [0.1, 0.15) is 0 Å². The van der Waals surface area contributed by atoms with Crippen LogP contribution in [0.4, 0.5) is 0 Å². The number of piperidine rings is 1. The van der Waals surface area contributed by atoms with Crippen LogP contribution < -0.4 is 5.73 Å². The van der Waals surface area contributed by atoms with Crippen LogP contribution >= 0.6 is 0 Å². The van der Waals surface area contributed by atoms with E-state index in [1.54, 1.807) is 0 Å². The van der Waals surface area contributed by atoms with Crippen molar-refractivity contribution in [3.05, 3.63) is 0 Å². The molecule has 0 aromatic heterocycles. The Balaban J connectivity index is 2.49. The second-order valence-corrected chi connectivity index (χ2v) is 3.74. The van der Waals surface area contributed by atoms with Crippen LogP contribution in [0.1, 0.15) is 20.3 Å². The van der Waals surface area contributed by atoms with Crippen molar-refractivity contribution in [3.63, 3.8) is 0 Å². The molecule has 2 atom stereocenters. The monoisotopic (exact) mass is 155 g/mol. The third kappa shape index (κ3) is 2.10. The van der Waals surface area contributed by atoms with Gasteiger partial charge in [-0.05, 0) is 18.3 Å². The lowest BCUT2D eigenvalue weighted by atomic mass is 9.92. The Kier molecular flexibility index (Phi) is 2.37. The second kappa shape index (κ2) is 3.11. The van der Waals surface area contributed by atoms with E-state index < -0.39 is 0 Å². The molecular formula is C8H17N3. The summed E-state index contributed by atoms with van der Waals surface area (Å²) in [6.45, 7) is 6.34. The minimum Gasteiger partial charge on any atom is -0.370 e. The van der Waals surface area contributed by atoms with Crippen LogP contribution in [-0.2, 0) is 0 Å². The molecule has 11 heavy (non-hydrogen) atoms. The highest BCUT2D eigenvalue weighted by Crippen LogP contribution is 2.19. The van der Waals surface area contributed by atoms with Crippen LogP contribution in [0.2, 0.25) is 0 Å². The van der Waals surface area contributed by atoms with Gasteiger partial charge in [-0.2, -0.15) is 0 Å². The van der Waals surface area contributed by atoms with E-state index in [2.05, 4.69) is 13.8 Å². The molecule has 0 aromatic rings. The maximum absolute atomic E-state index is 7.27. The van der Waals surface area contributed by atoms with Gasteiger partial charge in [0.25, 0.3) is 0 Å². The summed E-state index contributed by atoms with van der Waals surface area (Å²) in [5.74, 6) is 1.59. The molecule has 1 aliphatic heterocycles. The van der Waals surface area contributed by atoms with Gasteiger partial charge in [-0.1, -0.05) is 13.8 Å². The van der Waals surface area contributed by atoms with E-state index in [0.717, 1.165) is 13.1 Å². The molecule has 1 aliphatic rings. The molecule has 0 saturated carbocycles. The van der Waals surface area contributed by atoms with Gasteiger partial charge in [-0.25, -0.2) is 0 Å². The average molecular weight is 155 g/mol. The fraction of sp³-hybridized carbons (Fsp3) is 0.875. The molecule has 64 valence electrons. The van der Waals surface area contributed by atoms with Gasteiger partial charge in [-0.3, -0.25) is 5.41 Å². The first-order chi connectivity index (χ1) is 5.09. The predicted octanol–water partition coefficient (Wildman–Crippen LogP) is 0.858. The summed E-state index contributed by atoms with van der Waals surface area (Å²) in [6.07, 6.45) is 1.27. The molecule has 0 unspecified atom stereocenters. The summed E-state index contributed by atoms with van der Waals surface area (Å²) >= 11 is 0. The number of likely N-dealkylation sites (tertiary alicyclic amines) is 1. The number of rotatable bonds is 0. The lowest BCUT2D eigenvalue weighted by Crippen LogP contribution is -2.45. The summed E-state index contributed by atoms with van der Waals surface area (Å²) in [6, 6.07) is 0. The molecule has 0 spiro atoms. The Bertz CT molecular complexity index is 145. The largest absolute Gasteiger partial charge is 0.370 e. The molecule has 0 radical (unpaired) electrons. The zero-order valence-corrected chi connectivity index (χ0v) is 7.30. The normalized spacial score (nSPS) is 32.0. The van der Waals surface area contributed by atoms with Gasteiger partial charge < -0.3 is 10.6 Å². The van der Waals surface area contributed by atoms with Crippen LogP contribution in [0.25, 0.3) is 0 Å². The van der Waals surface area contributed by atoms with Crippen LogP contribution in [-0.4, -0.2) is 23.9 Å². The molecule has 1 rings (SSSR count). The predicted molar refractivity (Wildman–Crippen MR) is 46.4 cm³/mol. The summed E-state index contributed by atoms with van der Waals surface area (Å²) in [5, 5.41) is 7.27. The molecule has 0 aliphatic carbocycles. The van der Waals surface area contributed by atoms with Crippen molar-refractivity contribution in [1.29, 1.82) is 5.41 Å². The van der Waals surface area contributed by atoms with Crippen molar-refractivity contribution >= 4 is 5.96 Å². The Hall–Kier alpha value is -0.730. The van der Waals surface area contributed by atoms with Gasteiger partial charge in [0, 0.05) is 13.1 Å². The van der Waals surface area contributed by atoms with E-state index in [-0.39, 0.29) is 5.96 Å². The Morgan fingerprint density at radius 1 is 1.36 bits per heavy atom. The highest BCUT2D eigenvalue weighted by atomic mass is 15.2. The summed E-state index contributed by atoms with van der Waals surface area (Å²) in [5.41, 5.74) is 5.40. The minimum atomic E-state index is 0.225. The molecule has 1 saturated heterocycles. The third-order valence-corrected chi connectivity index (χ3v) is 2.21. The summed E-state index contributed by atoms with van der Waals surface area (Å²) in [4.78, 5) is 1.96. The first-order valence-electron chi connectivity index (χ1n) is 4.18. The third-order valence-electron chi connectivity index (χ3n) is 2.21. The Morgan fingerprint density at radius 2 is 1.82 bits per heavy atom. The zero-order chi connectivity index (χ0) is 8.43. The quantitative estimate of drug-likeness (QED) is 0.402. The topological polar surface area (TPSA) is 53.1 Å². The van der Waals surface area contributed by atoms with Crippen molar-refractivity contribution in [2.24, 2.45) is 17.6 Å². The van der Waals surface area contributed by atoms with E-state index in [0.29, 0.717) is 11.8 Å². The fourth-order valence-corrected chi connectivity index (χ4v) is 1.86. The van der Waals surface area contributed by atoms with Crippen molar-refractivity contribution < 1.29 is 0 Å². The van der Waals surface area contributed by atoms with Crippen LogP contribution in [0.15, 0.2) is 0 Å². The van der Waals surface area contributed by atoms with Gasteiger partial charge in [0.15, 0.2) is 5.96 Å². The summed E-state index contributed by atoms with van der Waals surface area (Å²) < 4.78 is 0. The minimum absolute atomic E-state index is 0.225. The van der Waals surface area contributed by atoms with Crippen molar-refractivity contribution in [1.82, 2.24) is 4.90 Å². The van der Waals surface area contributed by atoms with E-state index in [4.69, 9.17) is 11.1 Å². The number of hydrogen-bond donors (Lipinski definition) is 2. The molecule has 3 N–H and O–H groups in total. The first kappa shape index (κ1) is 8.37. The van der Waals surface area contributed by atoms with E-state index >= 15 is 0 Å². The van der Waals surface area contributed by atoms with E-state index in [9.17, 15) is 0 Å². The molecule has 0 aromatic carbocycles. The lowest BCUT2D eigenvalue weighted by Gasteiger charge is -2.35. The van der Waals surface area contributed by atoms with Gasteiger partial charge in [0.05, 0.1) is 0 Å². The molecule has 3 nitrogen and oxygen atoms in total. The Labute approximate surface area is 68.1 Å². The molecule has 1 fully saturated rings. The lowest BCUT2D eigenvalue weighted by molar-refractivity contribution is 0.211. The van der Waals surface area contributed by atoms with Crippen LogP contribution in [0.5, 0.6) is 0 Å². The smallest absolute Gasteiger partial charge is 0.188 e. The molecular weight excluding hydrogens is 138 g/mol. The van der Waals surface area contributed by atoms with Crippen LogP contribution in [0.3, 0.4) is 0 Å². The molecule has 0 amide bonds. The maximum atomic E-state index is 7.27. The molecule has 1 heterocycles. The highest BCUT2D eigenvalue weighted by Gasteiger charge is 2.21. The van der Waals surface area contributed by atoms with E-state index in [1.807, 2.05) is 4.90 Å². The fourth-order valence-electron chi connectivity index (χ4n) is 1.86. The molecule has 3 heteroatoms. The second-order valence-electron chi connectivity index (χ2n) is 3.74. The molecule has 0 bridgehead atoms. The number of nitrogens with one attached hydrogen (secondary N) is 1. The number of guanidine groups is 1. The zero-order valence-electron chi connectivity index (χ0n) is 7.30. The van der Waals surface area contributed by atoms with E-state index in [1.165, 1.54) is 6.42 Å². The number of nitrogens with zero attached hydrogens (tertiary/aromatic N) is 1. The Morgan fingerprint density at radius 3 is 2.18 bits per heavy atom. The first-order valence-corrected chi connectivity index (χ1v) is 4.18. The van der Waals surface area contributed by atoms with Crippen molar-refractivity contribution in [3.8, 4) is 0 Å². The summed E-state index contributed by atoms with van der Waals surface area (Å²) in [7, 11) is 0. The van der Waals surface area contributed by atoms with Crippen molar-refractivity contribution in [2.45, 2.75) is 20.3 Å². The van der Waals surface area contributed by atoms with Gasteiger partial charge >= 0.3 is 0 Å². The van der Waals surface area contributed by atoms with Crippen molar-refractivity contribution in [2.75, 3.05) is 13.1 Å². The van der Waals surface area contributed by atoms with Crippen LogP contribution in [0, 0.1) is 17.2 Å². The van der Waals surface area contributed by atoms with Gasteiger partial charge in [0.2, 0.25) is 0 Å². The number of hydrogen-bond acceptors (Lipinski definition) is 1. The van der Waals surface area contributed by atoms with Gasteiger partial charge in [-0.15, -0.1) is 0 Å².